The Morgan fingerprint density at radius 2 is 1.77 bits per heavy atom. The summed E-state index contributed by atoms with van der Waals surface area (Å²) in [6, 6.07) is 23.3. The van der Waals surface area contributed by atoms with Crippen molar-refractivity contribution in [3.05, 3.63) is 115 Å². The molecule has 1 heterocycles. The number of methoxy groups -OCH3 is 1. The number of benzene rings is 4. The first-order valence-electron chi connectivity index (χ1n) is 14.6. The van der Waals surface area contributed by atoms with Crippen molar-refractivity contribution in [3.8, 4) is 28.6 Å². The highest BCUT2D eigenvalue weighted by atomic mass is 79.9. The molecule has 0 aliphatic rings. The van der Waals surface area contributed by atoms with Crippen LogP contribution in [-0.4, -0.2) is 29.6 Å². The number of rotatable bonds is 10. The standard InChI is InChI=1S/C36H36BrN3O4/c1-7-43-33-18-26(17-30(37)34(33)44-21-25-12-10-11-23(4)15-25)20-38-40-35(39-31-14-9-8-13-27(31)36(40)41)29-19-28(22(2)3)32(42-6)16-24(29)5/h8-20,22H,7,21H2,1-6H3. The van der Waals surface area contributed by atoms with Crippen LogP contribution in [0.1, 0.15) is 54.5 Å². The number of fused-ring (bicyclic) bond motifs is 1. The topological polar surface area (TPSA) is 74.9 Å². The zero-order chi connectivity index (χ0) is 31.4. The van der Waals surface area contributed by atoms with E-state index in [1.165, 1.54) is 10.2 Å². The Kier molecular flexibility index (Phi) is 9.49. The molecular formula is C36H36BrN3O4. The van der Waals surface area contributed by atoms with Crippen LogP contribution in [0, 0.1) is 13.8 Å². The number of para-hydroxylation sites is 1. The van der Waals surface area contributed by atoms with E-state index in [1.54, 1.807) is 19.4 Å². The summed E-state index contributed by atoms with van der Waals surface area (Å²) in [4.78, 5) is 18.8. The molecule has 8 heteroatoms. The quantitative estimate of drug-likeness (QED) is 0.141. The SMILES string of the molecule is CCOc1cc(C=Nn2c(-c3cc(C(C)C)c(OC)cc3C)nc3ccccc3c2=O)cc(Br)c1OCc1cccc(C)c1. The second-order valence-electron chi connectivity index (χ2n) is 10.9. The van der Waals surface area contributed by atoms with Crippen molar-refractivity contribution in [3.63, 3.8) is 0 Å². The molecule has 5 aromatic rings. The van der Waals surface area contributed by atoms with Gasteiger partial charge >= 0.3 is 0 Å². The summed E-state index contributed by atoms with van der Waals surface area (Å²) in [7, 11) is 1.67. The Bertz CT molecular complexity index is 1910. The van der Waals surface area contributed by atoms with Crippen molar-refractivity contribution >= 4 is 33.0 Å². The molecule has 4 aromatic carbocycles. The molecule has 5 rings (SSSR count). The van der Waals surface area contributed by atoms with Crippen LogP contribution >= 0.6 is 15.9 Å². The van der Waals surface area contributed by atoms with E-state index in [9.17, 15) is 4.79 Å². The maximum atomic E-state index is 13.9. The fourth-order valence-electron chi connectivity index (χ4n) is 5.12. The highest BCUT2D eigenvalue weighted by molar-refractivity contribution is 9.10. The number of ether oxygens (including phenoxy) is 3. The first kappa shape index (κ1) is 31.0. The van der Waals surface area contributed by atoms with E-state index in [0.29, 0.717) is 45.9 Å². The molecule has 0 spiro atoms. The zero-order valence-electron chi connectivity index (χ0n) is 25.8. The van der Waals surface area contributed by atoms with E-state index >= 15 is 0 Å². The number of halogens is 1. The van der Waals surface area contributed by atoms with Crippen LogP contribution in [0.2, 0.25) is 0 Å². The molecule has 0 fully saturated rings. The van der Waals surface area contributed by atoms with Gasteiger partial charge in [0.1, 0.15) is 12.4 Å². The van der Waals surface area contributed by atoms with Gasteiger partial charge in [-0.05, 0) is 101 Å². The Morgan fingerprint density at radius 3 is 2.50 bits per heavy atom. The fourth-order valence-corrected chi connectivity index (χ4v) is 5.69. The Labute approximate surface area is 266 Å². The molecule has 0 aliphatic carbocycles. The second-order valence-corrected chi connectivity index (χ2v) is 11.8. The monoisotopic (exact) mass is 653 g/mol. The molecule has 0 saturated heterocycles. The van der Waals surface area contributed by atoms with Crippen molar-refractivity contribution in [1.29, 1.82) is 0 Å². The summed E-state index contributed by atoms with van der Waals surface area (Å²) in [5.74, 6) is 2.64. The average Bonchev–Trinajstić information content (AvgIpc) is 3.00. The van der Waals surface area contributed by atoms with E-state index in [-0.39, 0.29) is 11.5 Å². The molecule has 0 unspecified atom stereocenters. The van der Waals surface area contributed by atoms with Crippen LogP contribution in [0.3, 0.4) is 0 Å². The Balaban J connectivity index is 1.60. The fraction of sp³-hybridized carbons (Fsp3) is 0.250. The van der Waals surface area contributed by atoms with E-state index in [0.717, 1.165) is 33.6 Å². The van der Waals surface area contributed by atoms with E-state index < -0.39 is 0 Å². The third kappa shape index (κ3) is 6.55. The number of nitrogens with zero attached hydrogens (tertiary/aromatic N) is 3. The van der Waals surface area contributed by atoms with Gasteiger partial charge in [-0.1, -0.05) is 55.8 Å². The second kappa shape index (κ2) is 13.5. The number of aromatic nitrogens is 2. The van der Waals surface area contributed by atoms with Crippen LogP contribution in [0.5, 0.6) is 17.2 Å². The summed E-state index contributed by atoms with van der Waals surface area (Å²) in [5.41, 5.74) is 6.07. The minimum absolute atomic E-state index is 0.203. The molecule has 0 amide bonds. The predicted octanol–water partition coefficient (Wildman–Crippen LogP) is 8.43. The summed E-state index contributed by atoms with van der Waals surface area (Å²) < 4.78 is 19.9. The Hall–Kier alpha value is -4.43. The third-order valence-corrected chi connectivity index (χ3v) is 7.90. The lowest BCUT2D eigenvalue weighted by molar-refractivity contribution is 0.267. The molecule has 0 saturated carbocycles. The van der Waals surface area contributed by atoms with Gasteiger partial charge in [0.2, 0.25) is 0 Å². The zero-order valence-corrected chi connectivity index (χ0v) is 27.4. The van der Waals surface area contributed by atoms with E-state index in [1.807, 2.05) is 68.4 Å². The van der Waals surface area contributed by atoms with Crippen molar-refractivity contribution < 1.29 is 14.2 Å². The Morgan fingerprint density at radius 1 is 0.977 bits per heavy atom. The maximum Gasteiger partial charge on any atom is 0.282 e. The summed E-state index contributed by atoms with van der Waals surface area (Å²) in [6.45, 7) is 11.0. The van der Waals surface area contributed by atoms with Gasteiger partial charge < -0.3 is 14.2 Å². The van der Waals surface area contributed by atoms with Gasteiger partial charge in [0.05, 0.1) is 35.3 Å². The third-order valence-electron chi connectivity index (χ3n) is 7.31. The normalized spacial score (nSPS) is 11.5. The number of hydrogen-bond acceptors (Lipinski definition) is 6. The lowest BCUT2D eigenvalue weighted by atomic mass is 9.96. The lowest BCUT2D eigenvalue weighted by Gasteiger charge is -2.17. The van der Waals surface area contributed by atoms with Crippen LogP contribution < -0.4 is 19.8 Å². The van der Waals surface area contributed by atoms with Crippen molar-refractivity contribution in [2.45, 2.75) is 47.1 Å². The summed E-state index contributed by atoms with van der Waals surface area (Å²) in [5, 5.41) is 5.19. The molecule has 0 radical (unpaired) electrons. The minimum Gasteiger partial charge on any atom is -0.496 e. The summed E-state index contributed by atoms with van der Waals surface area (Å²) >= 11 is 3.67. The molecule has 0 atom stereocenters. The van der Waals surface area contributed by atoms with Gasteiger partial charge in [0.25, 0.3) is 5.56 Å². The molecule has 0 N–H and O–H groups in total. The molecule has 1 aromatic heterocycles. The molecule has 226 valence electrons. The highest BCUT2D eigenvalue weighted by Gasteiger charge is 2.19. The van der Waals surface area contributed by atoms with Crippen molar-refractivity contribution in [1.82, 2.24) is 9.66 Å². The van der Waals surface area contributed by atoms with Crippen LogP contribution in [-0.2, 0) is 6.61 Å². The molecular weight excluding hydrogens is 618 g/mol. The van der Waals surface area contributed by atoms with E-state index in [4.69, 9.17) is 24.3 Å². The molecule has 7 nitrogen and oxygen atoms in total. The van der Waals surface area contributed by atoms with Gasteiger partial charge in [-0.2, -0.15) is 9.78 Å². The van der Waals surface area contributed by atoms with Crippen LogP contribution in [0.25, 0.3) is 22.3 Å². The largest absolute Gasteiger partial charge is 0.496 e. The molecule has 0 aliphatic heterocycles. The minimum atomic E-state index is -0.259. The first-order chi connectivity index (χ1) is 21.2. The van der Waals surface area contributed by atoms with Crippen LogP contribution in [0.4, 0.5) is 0 Å². The molecule has 0 bridgehead atoms. The van der Waals surface area contributed by atoms with Gasteiger partial charge in [0, 0.05) is 5.56 Å². The summed E-state index contributed by atoms with van der Waals surface area (Å²) in [6.07, 6.45) is 1.64. The smallest absolute Gasteiger partial charge is 0.282 e. The van der Waals surface area contributed by atoms with Gasteiger partial charge in [0.15, 0.2) is 17.3 Å². The van der Waals surface area contributed by atoms with Gasteiger partial charge in [-0.3, -0.25) is 4.79 Å². The number of aryl methyl sites for hydroxylation is 2. The van der Waals surface area contributed by atoms with Gasteiger partial charge in [-0.25, -0.2) is 4.98 Å². The maximum absolute atomic E-state index is 13.9. The highest BCUT2D eigenvalue weighted by Crippen LogP contribution is 2.38. The van der Waals surface area contributed by atoms with Crippen molar-refractivity contribution in [2.24, 2.45) is 5.10 Å². The van der Waals surface area contributed by atoms with E-state index in [2.05, 4.69) is 48.8 Å². The van der Waals surface area contributed by atoms with Crippen molar-refractivity contribution in [2.75, 3.05) is 13.7 Å². The van der Waals surface area contributed by atoms with Gasteiger partial charge in [-0.15, -0.1) is 0 Å². The lowest BCUT2D eigenvalue weighted by Crippen LogP contribution is -2.20. The number of hydrogen-bond donors (Lipinski definition) is 0. The predicted molar refractivity (Wildman–Crippen MR) is 181 cm³/mol. The van der Waals surface area contributed by atoms with Crippen LogP contribution in [0.15, 0.2) is 87.2 Å². The first-order valence-corrected chi connectivity index (χ1v) is 15.4. The average molecular weight is 655 g/mol. The molecule has 44 heavy (non-hydrogen) atoms.